The molecule has 1 fully saturated rings. The van der Waals surface area contributed by atoms with Crippen LogP contribution in [0.15, 0.2) is 42.6 Å². The molecule has 0 amide bonds. The first kappa shape index (κ1) is 16.3. The quantitative estimate of drug-likeness (QED) is 0.875. The Labute approximate surface area is 142 Å². The molecule has 126 valence electrons. The van der Waals surface area contributed by atoms with Crippen LogP contribution >= 0.6 is 0 Å². The topological polar surface area (TPSA) is 68.5 Å². The van der Waals surface area contributed by atoms with Crippen LogP contribution in [0.3, 0.4) is 0 Å². The second kappa shape index (κ2) is 7.34. The van der Waals surface area contributed by atoms with Crippen molar-refractivity contribution in [3.05, 3.63) is 53.7 Å². The van der Waals surface area contributed by atoms with Crippen molar-refractivity contribution in [3.63, 3.8) is 0 Å². The number of esters is 1. The van der Waals surface area contributed by atoms with E-state index >= 15 is 0 Å². The van der Waals surface area contributed by atoms with Crippen molar-refractivity contribution in [2.24, 2.45) is 5.92 Å². The van der Waals surface area contributed by atoms with Crippen molar-refractivity contribution in [2.45, 2.75) is 19.3 Å². The van der Waals surface area contributed by atoms with Crippen molar-refractivity contribution in [3.8, 4) is 0 Å². The Morgan fingerprint density at radius 1 is 1.21 bits per heavy atom. The first-order valence-corrected chi connectivity index (χ1v) is 8.29. The fourth-order valence-corrected chi connectivity index (χ4v) is 3.21. The number of hydrogen-bond donors (Lipinski definition) is 1. The fourth-order valence-electron chi connectivity index (χ4n) is 3.21. The van der Waals surface area contributed by atoms with E-state index < -0.39 is 0 Å². The first-order chi connectivity index (χ1) is 11.7. The molecule has 0 spiro atoms. The van der Waals surface area contributed by atoms with E-state index in [1.165, 1.54) is 12.7 Å². The van der Waals surface area contributed by atoms with Gasteiger partial charge in [-0.05, 0) is 61.1 Å². The van der Waals surface area contributed by atoms with Crippen molar-refractivity contribution in [2.75, 3.05) is 30.8 Å². The summed E-state index contributed by atoms with van der Waals surface area (Å²) in [5.41, 5.74) is 8.64. The summed E-state index contributed by atoms with van der Waals surface area (Å²) in [6.07, 6.45) is 5.25. The van der Waals surface area contributed by atoms with Gasteiger partial charge < -0.3 is 15.4 Å². The van der Waals surface area contributed by atoms with Crippen LogP contribution < -0.4 is 10.6 Å². The minimum Gasteiger partial charge on any atom is -0.465 e. The van der Waals surface area contributed by atoms with Crippen LogP contribution in [0, 0.1) is 5.92 Å². The van der Waals surface area contributed by atoms with Gasteiger partial charge in [0.05, 0.1) is 12.7 Å². The molecule has 1 aliphatic rings. The van der Waals surface area contributed by atoms with E-state index in [4.69, 9.17) is 10.5 Å². The summed E-state index contributed by atoms with van der Waals surface area (Å²) in [5, 5.41) is 0. The van der Waals surface area contributed by atoms with Gasteiger partial charge in [0.15, 0.2) is 0 Å². The molecule has 2 heterocycles. The molecule has 5 heteroatoms. The van der Waals surface area contributed by atoms with Crippen LogP contribution in [0.2, 0.25) is 0 Å². The average Bonchev–Trinajstić information content (AvgIpc) is 2.64. The molecule has 1 aliphatic heterocycles. The number of ether oxygens (including phenoxy) is 1. The third-order valence-electron chi connectivity index (χ3n) is 4.64. The average molecular weight is 325 g/mol. The van der Waals surface area contributed by atoms with Crippen LogP contribution in [0.5, 0.6) is 0 Å². The molecule has 1 aromatic heterocycles. The Kier molecular flexibility index (Phi) is 4.99. The summed E-state index contributed by atoms with van der Waals surface area (Å²) >= 11 is 0. The maximum Gasteiger partial charge on any atom is 0.337 e. The van der Waals surface area contributed by atoms with Gasteiger partial charge in [0.2, 0.25) is 0 Å². The highest BCUT2D eigenvalue weighted by Crippen LogP contribution is 2.26. The number of benzene rings is 1. The summed E-state index contributed by atoms with van der Waals surface area (Å²) in [7, 11) is 1.40. The molecule has 24 heavy (non-hydrogen) atoms. The number of nitrogens with two attached hydrogens (primary N) is 1. The highest BCUT2D eigenvalue weighted by atomic mass is 16.5. The van der Waals surface area contributed by atoms with Gasteiger partial charge in [0.1, 0.15) is 5.82 Å². The largest absolute Gasteiger partial charge is 0.465 e. The van der Waals surface area contributed by atoms with Crippen molar-refractivity contribution in [1.82, 2.24) is 4.98 Å². The van der Waals surface area contributed by atoms with Gasteiger partial charge in [-0.2, -0.15) is 0 Å². The van der Waals surface area contributed by atoms with Gasteiger partial charge >= 0.3 is 5.97 Å². The van der Waals surface area contributed by atoms with E-state index in [9.17, 15) is 4.79 Å². The van der Waals surface area contributed by atoms with Gasteiger partial charge in [-0.1, -0.05) is 6.07 Å². The van der Waals surface area contributed by atoms with Crippen LogP contribution in [0.1, 0.15) is 28.8 Å². The number of methoxy groups -OCH3 is 1. The predicted octanol–water partition coefficient (Wildman–Crippen LogP) is 2.91. The number of hydrogen-bond acceptors (Lipinski definition) is 5. The van der Waals surface area contributed by atoms with Gasteiger partial charge in [-0.25, -0.2) is 9.78 Å². The van der Waals surface area contributed by atoms with E-state index in [1.807, 2.05) is 36.5 Å². The highest BCUT2D eigenvalue weighted by Gasteiger charge is 2.20. The number of anilines is 2. The Morgan fingerprint density at radius 3 is 2.50 bits per heavy atom. The smallest absolute Gasteiger partial charge is 0.337 e. The number of carbonyl (C=O) groups is 1. The van der Waals surface area contributed by atoms with Crippen molar-refractivity contribution < 1.29 is 9.53 Å². The normalized spacial score (nSPS) is 15.3. The minimum atomic E-state index is -0.294. The number of pyridine rings is 1. The zero-order chi connectivity index (χ0) is 16.9. The van der Waals surface area contributed by atoms with Crippen LogP contribution in [-0.2, 0) is 11.2 Å². The molecule has 0 aliphatic carbocycles. The molecule has 2 aromatic rings. The zero-order valence-electron chi connectivity index (χ0n) is 13.9. The maximum atomic E-state index is 11.5. The number of nitrogens with zero attached hydrogens (tertiary/aromatic N) is 2. The summed E-state index contributed by atoms with van der Waals surface area (Å²) < 4.78 is 4.73. The SMILES string of the molecule is COC(=O)c1ccc(N2CCC(Cc3ccc(N)nc3)CC2)cc1. The molecule has 1 saturated heterocycles. The van der Waals surface area contributed by atoms with Crippen LogP contribution in [0.4, 0.5) is 11.5 Å². The summed E-state index contributed by atoms with van der Waals surface area (Å²) in [5.74, 6) is 0.961. The van der Waals surface area contributed by atoms with Gasteiger partial charge in [-0.3, -0.25) is 0 Å². The fraction of sp³-hybridized carbons (Fsp3) is 0.368. The Morgan fingerprint density at radius 2 is 1.92 bits per heavy atom. The molecule has 0 radical (unpaired) electrons. The molecule has 3 rings (SSSR count). The molecule has 2 N–H and O–H groups in total. The van der Waals surface area contributed by atoms with Crippen LogP contribution in [0.25, 0.3) is 0 Å². The van der Waals surface area contributed by atoms with Crippen molar-refractivity contribution >= 4 is 17.5 Å². The summed E-state index contributed by atoms with van der Waals surface area (Å²) in [6, 6.07) is 11.6. The standard InChI is InChI=1S/C19H23N3O2/c1-24-19(23)16-3-5-17(6-4-16)22-10-8-14(9-11-22)12-15-2-7-18(20)21-13-15/h2-7,13-14H,8-12H2,1H3,(H2,20,21). The Bertz CT molecular complexity index is 675. The molecular formula is C19H23N3O2. The van der Waals surface area contributed by atoms with Gasteiger partial charge in [0, 0.05) is 25.0 Å². The monoisotopic (exact) mass is 325 g/mol. The summed E-state index contributed by atoms with van der Waals surface area (Å²) in [6.45, 7) is 2.06. The third-order valence-corrected chi connectivity index (χ3v) is 4.64. The molecule has 0 saturated carbocycles. The summed E-state index contributed by atoms with van der Waals surface area (Å²) in [4.78, 5) is 18.0. The lowest BCUT2D eigenvalue weighted by molar-refractivity contribution is 0.0601. The van der Waals surface area contributed by atoms with E-state index in [-0.39, 0.29) is 5.97 Å². The minimum absolute atomic E-state index is 0.294. The number of piperidine rings is 1. The Balaban J connectivity index is 1.54. The molecular weight excluding hydrogens is 302 g/mol. The maximum absolute atomic E-state index is 11.5. The highest BCUT2D eigenvalue weighted by molar-refractivity contribution is 5.89. The van der Waals surface area contributed by atoms with E-state index in [0.717, 1.165) is 38.0 Å². The van der Waals surface area contributed by atoms with Crippen LogP contribution in [-0.4, -0.2) is 31.2 Å². The zero-order valence-corrected chi connectivity index (χ0v) is 13.9. The van der Waals surface area contributed by atoms with Gasteiger partial charge in [0.25, 0.3) is 0 Å². The lowest BCUT2D eigenvalue weighted by Crippen LogP contribution is -2.34. The van der Waals surface area contributed by atoms with Gasteiger partial charge in [-0.15, -0.1) is 0 Å². The number of nitrogen functional groups attached to an aromatic ring is 1. The molecule has 0 atom stereocenters. The Hall–Kier alpha value is -2.56. The van der Waals surface area contributed by atoms with E-state index in [2.05, 4.69) is 16.0 Å². The number of aromatic nitrogens is 1. The number of rotatable bonds is 4. The second-order valence-electron chi connectivity index (χ2n) is 6.26. The number of carbonyl (C=O) groups excluding carboxylic acids is 1. The van der Waals surface area contributed by atoms with Crippen molar-refractivity contribution in [1.29, 1.82) is 0 Å². The lowest BCUT2D eigenvalue weighted by atomic mass is 9.90. The third kappa shape index (κ3) is 3.85. The molecule has 0 unspecified atom stereocenters. The second-order valence-corrected chi connectivity index (χ2v) is 6.26. The van der Waals surface area contributed by atoms with E-state index in [0.29, 0.717) is 17.3 Å². The molecule has 0 bridgehead atoms. The first-order valence-electron chi connectivity index (χ1n) is 8.29. The molecule has 1 aromatic carbocycles. The predicted molar refractivity (Wildman–Crippen MR) is 95.1 cm³/mol. The lowest BCUT2D eigenvalue weighted by Gasteiger charge is -2.33. The molecule has 5 nitrogen and oxygen atoms in total. The van der Waals surface area contributed by atoms with E-state index in [1.54, 1.807) is 0 Å².